The van der Waals surface area contributed by atoms with Crippen LogP contribution in [0.1, 0.15) is 0 Å². The monoisotopic (exact) mass is 160 g/mol. The second-order valence-electron chi connectivity index (χ2n) is 0.839. The van der Waals surface area contributed by atoms with Crippen LogP contribution in [0.3, 0.4) is 0 Å². The summed E-state index contributed by atoms with van der Waals surface area (Å²) in [5.74, 6) is 0. The third kappa shape index (κ3) is 5.63. The highest BCUT2D eigenvalue weighted by atomic mass is 79.9. The lowest BCUT2D eigenvalue weighted by atomic mass is 10.5. The van der Waals surface area contributed by atoms with Crippen molar-refractivity contribution >= 4 is 22.2 Å². The predicted octanol–water partition coefficient (Wildman–Crippen LogP) is 1.65. The van der Waals surface area contributed by atoms with E-state index in [-0.39, 0.29) is 0 Å². The standard InChI is InChI=1S/C5H5BrO/c6-4-2-1-3-5-7/h1-5H. The Morgan fingerprint density at radius 1 is 1.14 bits per heavy atom. The number of carbonyl (C=O) groups is 1. The molecule has 0 saturated carbocycles. The zero-order valence-electron chi connectivity index (χ0n) is 3.67. The van der Waals surface area contributed by atoms with Gasteiger partial charge in [-0.15, -0.1) is 0 Å². The molecule has 0 aromatic rings. The van der Waals surface area contributed by atoms with Gasteiger partial charge in [0.15, 0.2) is 0 Å². The number of allylic oxidation sites excluding steroid dienone is 3. The summed E-state index contributed by atoms with van der Waals surface area (Å²) in [6.07, 6.45) is 5.50. The van der Waals surface area contributed by atoms with E-state index in [1.807, 2.05) is 0 Å². The van der Waals surface area contributed by atoms with E-state index < -0.39 is 0 Å². The molecule has 0 N–H and O–H groups in total. The van der Waals surface area contributed by atoms with Crippen molar-refractivity contribution in [2.24, 2.45) is 0 Å². The van der Waals surface area contributed by atoms with E-state index in [4.69, 9.17) is 0 Å². The van der Waals surface area contributed by atoms with Gasteiger partial charge in [-0.2, -0.15) is 0 Å². The molecule has 7 heavy (non-hydrogen) atoms. The summed E-state index contributed by atoms with van der Waals surface area (Å²) in [7, 11) is 0. The molecular formula is C5H5BrO. The lowest BCUT2D eigenvalue weighted by molar-refractivity contribution is -0.104. The van der Waals surface area contributed by atoms with Crippen LogP contribution in [0.5, 0.6) is 0 Å². The van der Waals surface area contributed by atoms with Crippen LogP contribution in [-0.4, -0.2) is 6.29 Å². The van der Waals surface area contributed by atoms with Crippen LogP contribution in [0, 0.1) is 0 Å². The molecule has 0 fully saturated rings. The number of halogens is 1. The van der Waals surface area contributed by atoms with Crippen LogP contribution in [-0.2, 0) is 4.79 Å². The molecule has 0 heterocycles. The van der Waals surface area contributed by atoms with Crippen LogP contribution >= 0.6 is 15.9 Å². The van der Waals surface area contributed by atoms with Gasteiger partial charge in [0, 0.05) is 0 Å². The quantitative estimate of drug-likeness (QED) is 0.342. The van der Waals surface area contributed by atoms with E-state index in [1.165, 1.54) is 6.08 Å². The highest BCUT2D eigenvalue weighted by Gasteiger charge is 1.56. The SMILES string of the molecule is O=CC=CC=CBr. The largest absolute Gasteiger partial charge is 0.299 e. The number of rotatable bonds is 2. The summed E-state index contributed by atoms with van der Waals surface area (Å²) in [6, 6.07) is 0. The van der Waals surface area contributed by atoms with E-state index >= 15 is 0 Å². The number of hydrogen-bond acceptors (Lipinski definition) is 1. The van der Waals surface area contributed by atoms with E-state index in [0.29, 0.717) is 0 Å². The van der Waals surface area contributed by atoms with Crippen LogP contribution < -0.4 is 0 Å². The van der Waals surface area contributed by atoms with Gasteiger partial charge < -0.3 is 0 Å². The fraction of sp³-hybridized carbons (Fsp3) is 0. The molecule has 1 nitrogen and oxygen atoms in total. The van der Waals surface area contributed by atoms with Gasteiger partial charge in [0.1, 0.15) is 6.29 Å². The van der Waals surface area contributed by atoms with Crippen molar-refractivity contribution in [3.05, 3.63) is 23.2 Å². The van der Waals surface area contributed by atoms with Crippen molar-refractivity contribution in [1.29, 1.82) is 0 Å². The van der Waals surface area contributed by atoms with Gasteiger partial charge in [-0.3, -0.25) is 4.79 Å². The molecule has 0 aliphatic heterocycles. The molecule has 38 valence electrons. The summed E-state index contributed by atoms with van der Waals surface area (Å²) >= 11 is 3.03. The molecule has 0 aliphatic rings. The normalized spacial score (nSPS) is 11.0. The highest BCUT2D eigenvalue weighted by molar-refractivity contribution is 9.11. The molecule has 0 saturated heterocycles. The van der Waals surface area contributed by atoms with Crippen molar-refractivity contribution in [3.8, 4) is 0 Å². The van der Waals surface area contributed by atoms with E-state index in [2.05, 4.69) is 15.9 Å². The molecule has 0 rings (SSSR count). The minimum absolute atomic E-state index is 0.729. The van der Waals surface area contributed by atoms with Gasteiger partial charge in [-0.25, -0.2) is 0 Å². The van der Waals surface area contributed by atoms with E-state index in [0.717, 1.165) is 6.29 Å². The summed E-state index contributed by atoms with van der Waals surface area (Å²) in [4.78, 5) is 11.2. The lowest BCUT2D eigenvalue weighted by Gasteiger charge is -1.61. The van der Waals surface area contributed by atoms with Crippen LogP contribution in [0.4, 0.5) is 0 Å². The molecule has 0 bridgehead atoms. The summed E-state index contributed by atoms with van der Waals surface area (Å²) in [6.45, 7) is 0. The molecule has 0 spiro atoms. The van der Waals surface area contributed by atoms with Gasteiger partial charge in [-0.1, -0.05) is 28.1 Å². The average molecular weight is 161 g/mol. The highest BCUT2D eigenvalue weighted by Crippen LogP contribution is 1.81. The smallest absolute Gasteiger partial charge is 0.142 e. The Balaban J connectivity index is 3.27. The second-order valence-corrected chi connectivity index (χ2v) is 1.37. The third-order valence-corrected chi connectivity index (χ3v) is 0.679. The molecule has 0 atom stereocenters. The first kappa shape index (κ1) is 6.63. The number of carbonyl (C=O) groups excluding carboxylic acids is 1. The maximum atomic E-state index is 9.54. The van der Waals surface area contributed by atoms with Crippen molar-refractivity contribution in [2.75, 3.05) is 0 Å². The fourth-order valence-corrected chi connectivity index (χ4v) is 0.328. The van der Waals surface area contributed by atoms with Gasteiger partial charge in [0.05, 0.1) is 0 Å². The molecule has 0 radical (unpaired) electrons. The molecule has 2 heteroatoms. The first-order chi connectivity index (χ1) is 3.41. The molecule has 0 aromatic carbocycles. The molecular weight excluding hydrogens is 156 g/mol. The average Bonchev–Trinajstić information content (AvgIpc) is 1.69. The van der Waals surface area contributed by atoms with E-state index in [9.17, 15) is 4.79 Å². The molecule has 0 amide bonds. The van der Waals surface area contributed by atoms with Gasteiger partial charge >= 0.3 is 0 Å². The summed E-state index contributed by atoms with van der Waals surface area (Å²) < 4.78 is 0. The Morgan fingerprint density at radius 3 is 2.29 bits per heavy atom. The first-order valence-corrected chi connectivity index (χ1v) is 2.70. The first-order valence-electron chi connectivity index (χ1n) is 1.79. The Labute approximate surface area is 50.8 Å². The Morgan fingerprint density at radius 2 is 1.86 bits per heavy atom. The van der Waals surface area contributed by atoms with Crippen LogP contribution in [0.2, 0.25) is 0 Å². The minimum atomic E-state index is 0.729. The topological polar surface area (TPSA) is 17.1 Å². The predicted molar refractivity (Wildman–Crippen MR) is 33.3 cm³/mol. The Hall–Kier alpha value is -0.370. The van der Waals surface area contributed by atoms with Crippen LogP contribution in [0.25, 0.3) is 0 Å². The van der Waals surface area contributed by atoms with Crippen molar-refractivity contribution in [3.63, 3.8) is 0 Å². The Kier molecular flexibility index (Phi) is 5.33. The molecule has 0 aromatic heterocycles. The van der Waals surface area contributed by atoms with Crippen LogP contribution in [0.15, 0.2) is 23.2 Å². The maximum absolute atomic E-state index is 9.54. The minimum Gasteiger partial charge on any atom is -0.299 e. The third-order valence-electron chi connectivity index (χ3n) is 0.374. The number of hydrogen-bond donors (Lipinski definition) is 0. The fourth-order valence-electron chi connectivity index (χ4n) is 0.152. The van der Waals surface area contributed by atoms with Gasteiger partial charge in [0.25, 0.3) is 0 Å². The molecule has 0 unspecified atom stereocenters. The van der Waals surface area contributed by atoms with Crippen molar-refractivity contribution in [2.45, 2.75) is 0 Å². The molecule has 0 aliphatic carbocycles. The van der Waals surface area contributed by atoms with Crippen molar-refractivity contribution < 1.29 is 4.79 Å². The van der Waals surface area contributed by atoms with E-state index in [1.54, 1.807) is 17.1 Å². The number of aldehydes is 1. The zero-order valence-corrected chi connectivity index (χ0v) is 5.26. The summed E-state index contributed by atoms with van der Waals surface area (Å²) in [5, 5.41) is 0. The van der Waals surface area contributed by atoms with Crippen molar-refractivity contribution in [1.82, 2.24) is 0 Å². The van der Waals surface area contributed by atoms with Gasteiger partial charge in [0.2, 0.25) is 0 Å². The summed E-state index contributed by atoms with van der Waals surface area (Å²) in [5.41, 5.74) is 0. The van der Waals surface area contributed by atoms with Gasteiger partial charge in [-0.05, 0) is 11.1 Å². The second kappa shape index (κ2) is 5.63. The maximum Gasteiger partial charge on any atom is 0.142 e. The zero-order chi connectivity index (χ0) is 5.54. The lowest BCUT2D eigenvalue weighted by Crippen LogP contribution is -1.53. The Bertz CT molecular complexity index is 94.3.